The van der Waals surface area contributed by atoms with E-state index in [1.54, 1.807) is 7.11 Å². The van der Waals surface area contributed by atoms with Gasteiger partial charge in [0, 0.05) is 12.6 Å². The van der Waals surface area contributed by atoms with Crippen LogP contribution < -0.4 is 10.1 Å². The van der Waals surface area contributed by atoms with E-state index in [1.807, 2.05) is 96.8 Å². The molecule has 1 fully saturated rings. The Morgan fingerprint density at radius 2 is 1.55 bits per heavy atom. The maximum Gasteiger partial charge on any atom is 0.407 e. The van der Waals surface area contributed by atoms with Crippen molar-refractivity contribution in [1.29, 1.82) is 0 Å². The number of nitrogens with one attached hydrogen (secondary N) is 1. The van der Waals surface area contributed by atoms with Crippen LogP contribution in [0, 0.1) is 5.92 Å². The first-order valence-corrected chi connectivity index (χ1v) is 11.0. The Balaban J connectivity index is 1.47. The van der Waals surface area contributed by atoms with Crippen molar-refractivity contribution in [1.82, 2.24) is 10.2 Å². The molecule has 1 aliphatic heterocycles. The van der Waals surface area contributed by atoms with E-state index in [0.29, 0.717) is 6.54 Å². The molecule has 2 amide bonds. The standard InChI is InChI=1S/C27H28N2O4/c1-19(28-27(31)33-18-21-11-7-4-8-12-21)24-25(22-13-15-23(32-2)16-14-22)29(26(24)30)17-20-9-5-3-6-10-20/h3-16,19,24-25H,17-18H2,1-2H3,(H,28,31)/t19-,24-,25-/m0/s1. The lowest BCUT2D eigenvalue weighted by atomic mass is 9.77. The predicted molar refractivity (Wildman–Crippen MR) is 125 cm³/mol. The lowest BCUT2D eigenvalue weighted by Crippen LogP contribution is -2.61. The van der Waals surface area contributed by atoms with Crippen LogP contribution in [-0.4, -0.2) is 30.1 Å². The lowest BCUT2D eigenvalue weighted by molar-refractivity contribution is -0.160. The Morgan fingerprint density at radius 1 is 0.939 bits per heavy atom. The second-order valence-corrected chi connectivity index (χ2v) is 8.19. The molecule has 0 unspecified atom stereocenters. The number of carbonyl (C=O) groups is 2. The second kappa shape index (κ2) is 10.2. The number of ether oxygens (including phenoxy) is 2. The second-order valence-electron chi connectivity index (χ2n) is 8.19. The molecule has 3 atom stereocenters. The molecule has 6 heteroatoms. The van der Waals surface area contributed by atoms with Crippen LogP contribution >= 0.6 is 0 Å². The zero-order valence-electron chi connectivity index (χ0n) is 18.8. The number of carbonyl (C=O) groups excluding carboxylic acids is 2. The van der Waals surface area contributed by atoms with Gasteiger partial charge in [-0.2, -0.15) is 0 Å². The van der Waals surface area contributed by atoms with Crippen molar-refractivity contribution in [2.75, 3.05) is 7.11 Å². The number of hydrogen-bond donors (Lipinski definition) is 1. The molecule has 0 aliphatic carbocycles. The summed E-state index contributed by atoms with van der Waals surface area (Å²) in [6.45, 7) is 2.54. The first-order chi connectivity index (χ1) is 16.1. The minimum absolute atomic E-state index is 0.00975. The fraction of sp³-hybridized carbons (Fsp3) is 0.259. The number of alkyl carbamates (subject to hydrolysis) is 1. The van der Waals surface area contributed by atoms with Gasteiger partial charge in [0.05, 0.1) is 19.1 Å². The van der Waals surface area contributed by atoms with Gasteiger partial charge in [0.15, 0.2) is 0 Å². The zero-order valence-corrected chi connectivity index (χ0v) is 18.8. The molecule has 1 heterocycles. The van der Waals surface area contributed by atoms with E-state index >= 15 is 0 Å². The van der Waals surface area contributed by atoms with Crippen LogP contribution in [0.25, 0.3) is 0 Å². The summed E-state index contributed by atoms with van der Waals surface area (Å²) in [5.74, 6) is 0.383. The van der Waals surface area contributed by atoms with Gasteiger partial charge in [0.2, 0.25) is 5.91 Å². The van der Waals surface area contributed by atoms with Gasteiger partial charge >= 0.3 is 6.09 Å². The van der Waals surface area contributed by atoms with Gasteiger partial charge in [-0.1, -0.05) is 72.8 Å². The van der Waals surface area contributed by atoms with Gasteiger partial charge in [-0.05, 0) is 35.7 Å². The summed E-state index contributed by atoms with van der Waals surface area (Å²) >= 11 is 0. The van der Waals surface area contributed by atoms with E-state index in [2.05, 4.69) is 5.32 Å². The number of β-lactam (4-membered cyclic amide) rings is 1. The molecule has 3 aromatic carbocycles. The summed E-state index contributed by atoms with van der Waals surface area (Å²) in [6, 6.07) is 26.6. The highest BCUT2D eigenvalue weighted by Crippen LogP contribution is 2.43. The van der Waals surface area contributed by atoms with Gasteiger partial charge in [-0.3, -0.25) is 4.79 Å². The van der Waals surface area contributed by atoms with Crippen LogP contribution in [0.1, 0.15) is 29.7 Å². The molecule has 3 aromatic rings. The molecule has 4 rings (SSSR count). The first kappa shape index (κ1) is 22.4. The smallest absolute Gasteiger partial charge is 0.407 e. The van der Waals surface area contributed by atoms with E-state index in [-0.39, 0.29) is 30.5 Å². The molecule has 1 N–H and O–H groups in total. The average molecular weight is 445 g/mol. The Kier molecular flexibility index (Phi) is 6.93. The van der Waals surface area contributed by atoms with Crippen LogP contribution in [0.2, 0.25) is 0 Å². The van der Waals surface area contributed by atoms with E-state index < -0.39 is 6.09 Å². The number of likely N-dealkylation sites (tertiary alicyclic amines) is 1. The van der Waals surface area contributed by atoms with Crippen molar-refractivity contribution < 1.29 is 19.1 Å². The summed E-state index contributed by atoms with van der Waals surface area (Å²) in [5, 5.41) is 2.86. The third-order valence-corrected chi connectivity index (χ3v) is 5.99. The van der Waals surface area contributed by atoms with Crippen molar-refractivity contribution in [3.63, 3.8) is 0 Å². The number of amides is 2. The quantitative estimate of drug-likeness (QED) is 0.511. The molecule has 0 spiro atoms. The molecular weight excluding hydrogens is 416 g/mol. The van der Waals surface area contributed by atoms with E-state index in [1.165, 1.54) is 0 Å². The van der Waals surface area contributed by atoms with Crippen molar-refractivity contribution in [2.45, 2.75) is 32.2 Å². The Morgan fingerprint density at radius 3 is 2.15 bits per heavy atom. The Labute approximate surface area is 194 Å². The molecular formula is C27H28N2O4. The molecule has 1 saturated heterocycles. The van der Waals surface area contributed by atoms with Crippen molar-refractivity contribution in [3.8, 4) is 5.75 Å². The fourth-order valence-electron chi connectivity index (χ4n) is 4.25. The SMILES string of the molecule is COc1ccc([C@H]2[C@H]([C@H](C)NC(=O)OCc3ccccc3)C(=O)N2Cc2ccccc2)cc1. The minimum Gasteiger partial charge on any atom is -0.497 e. The van der Waals surface area contributed by atoms with Crippen LogP contribution in [0.3, 0.4) is 0 Å². The monoisotopic (exact) mass is 444 g/mol. The molecule has 0 aromatic heterocycles. The van der Waals surface area contributed by atoms with Crippen LogP contribution in [0.4, 0.5) is 4.79 Å². The van der Waals surface area contributed by atoms with Crippen molar-refractivity contribution in [2.24, 2.45) is 5.92 Å². The van der Waals surface area contributed by atoms with E-state index in [4.69, 9.17) is 9.47 Å². The Bertz CT molecular complexity index is 1070. The number of nitrogens with zero attached hydrogens (tertiary/aromatic N) is 1. The van der Waals surface area contributed by atoms with Crippen molar-refractivity contribution in [3.05, 3.63) is 102 Å². The van der Waals surface area contributed by atoms with Crippen LogP contribution in [0.15, 0.2) is 84.9 Å². The number of benzene rings is 3. The zero-order chi connectivity index (χ0) is 23.2. The van der Waals surface area contributed by atoms with Crippen molar-refractivity contribution >= 4 is 12.0 Å². The summed E-state index contributed by atoms with van der Waals surface area (Å²) in [5.41, 5.74) is 2.97. The lowest BCUT2D eigenvalue weighted by Gasteiger charge is -2.50. The molecule has 1 aliphatic rings. The minimum atomic E-state index is -0.533. The number of rotatable bonds is 8. The van der Waals surface area contributed by atoms with Gasteiger partial charge in [0.25, 0.3) is 0 Å². The summed E-state index contributed by atoms with van der Waals surface area (Å²) in [6.07, 6.45) is -0.533. The van der Waals surface area contributed by atoms with Gasteiger partial charge in [0.1, 0.15) is 12.4 Å². The third kappa shape index (κ3) is 5.17. The van der Waals surface area contributed by atoms with Gasteiger partial charge in [-0.15, -0.1) is 0 Å². The molecule has 33 heavy (non-hydrogen) atoms. The topological polar surface area (TPSA) is 67.9 Å². The normalized spacial score (nSPS) is 18.2. The Hall–Kier alpha value is -3.80. The maximum atomic E-state index is 13.2. The highest BCUT2D eigenvalue weighted by Gasteiger charge is 2.50. The highest BCUT2D eigenvalue weighted by molar-refractivity contribution is 5.88. The fourth-order valence-corrected chi connectivity index (χ4v) is 4.25. The highest BCUT2D eigenvalue weighted by atomic mass is 16.5. The third-order valence-electron chi connectivity index (χ3n) is 5.99. The van der Waals surface area contributed by atoms with Gasteiger partial charge in [-0.25, -0.2) is 4.79 Å². The molecule has 0 radical (unpaired) electrons. The number of hydrogen-bond acceptors (Lipinski definition) is 4. The predicted octanol–water partition coefficient (Wildman–Crippen LogP) is 4.71. The van der Waals surface area contributed by atoms with Crippen LogP contribution in [0.5, 0.6) is 5.75 Å². The molecule has 170 valence electrons. The summed E-state index contributed by atoms with van der Waals surface area (Å²) in [7, 11) is 1.62. The van der Waals surface area contributed by atoms with Gasteiger partial charge < -0.3 is 19.7 Å². The molecule has 0 saturated carbocycles. The largest absolute Gasteiger partial charge is 0.497 e. The molecule has 6 nitrogen and oxygen atoms in total. The van der Waals surface area contributed by atoms with Crippen LogP contribution in [-0.2, 0) is 22.7 Å². The summed E-state index contributed by atoms with van der Waals surface area (Å²) < 4.78 is 10.6. The number of methoxy groups -OCH3 is 1. The van der Waals surface area contributed by atoms with E-state index in [9.17, 15) is 9.59 Å². The average Bonchev–Trinajstić information content (AvgIpc) is 2.85. The summed E-state index contributed by atoms with van der Waals surface area (Å²) in [4.78, 5) is 27.4. The van der Waals surface area contributed by atoms with E-state index in [0.717, 1.165) is 22.4 Å². The first-order valence-electron chi connectivity index (χ1n) is 11.0. The maximum absolute atomic E-state index is 13.2. The molecule has 0 bridgehead atoms.